The summed E-state index contributed by atoms with van der Waals surface area (Å²) in [7, 11) is 0. The third kappa shape index (κ3) is 4.12. The highest BCUT2D eigenvalue weighted by atomic mass is 16.3. The van der Waals surface area contributed by atoms with E-state index in [2.05, 4.69) is 15.3 Å². The van der Waals surface area contributed by atoms with Crippen molar-refractivity contribution in [3.8, 4) is 0 Å². The average Bonchev–Trinajstić information content (AvgIpc) is 2.16. The molecule has 84 valence electrons. The fourth-order valence-corrected chi connectivity index (χ4v) is 1.18. The highest BCUT2D eigenvalue weighted by Gasteiger charge is 2.01. The van der Waals surface area contributed by atoms with E-state index in [1.165, 1.54) is 0 Å². The van der Waals surface area contributed by atoms with Gasteiger partial charge in [-0.2, -0.15) is 0 Å². The van der Waals surface area contributed by atoms with E-state index in [1.807, 2.05) is 6.92 Å². The number of rotatable bonds is 5. The molecular weight excluding hydrogens is 192 g/mol. The van der Waals surface area contributed by atoms with Crippen molar-refractivity contribution in [3.63, 3.8) is 0 Å². The summed E-state index contributed by atoms with van der Waals surface area (Å²) in [5, 5.41) is 12.2. The molecule has 0 saturated heterocycles. The van der Waals surface area contributed by atoms with Gasteiger partial charge in [0.1, 0.15) is 17.5 Å². The first-order valence-electron chi connectivity index (χ1n) is 5.17. The number of nitrogens with one attached hydrogen (secondary N) is 1. The van der Waals surface area contributed by atoms with Gasteiger partial charge in [-0.15, -0.1) is 0 Å². The molecule has 0 aromatic carbocycles. The Morgan fingerprint density at radius 3 is 2.87 bits per heavy atom. The lowest BCUT2D eigenvalue weighted by atomic mass is 10.3. The number of hydrogen-bond donors (Lipinski definition) is 3. The Bertz CT molecular complexity index is 314. The number of nitrogens with two attached hydrogens (primary N) is 1. The second kappa shape index (κ2) is 5.50. The van der Waals surface area contributed by atoms with Crippen molar-refractivity contribution in [3.05, 3.63) is 11.9 Å². The Labute approximate surface area is 89.7 Å². The first-order chi connectivity index (χ1) is 7.11. The minimum Gasteiger partial charge on any atom is -0.393 e. The van der Waals surface area contributed by atoms with E-state index < -0.39 is 0 Å². The van der Waals surface area contributed by atoms with Crippen LogP contribution >= 0.6 is 0 Å². The van der Waals surface area contributed by atoms with Crippen molar-refractivity contribution >= 4 is 11.6 Å². The van der Waals surface area contributed by atoms with Crippen LogP contribution in [-0.2, 0) is 6.42 Å². The van der Waals surface area contributed by atoms with Crippen LogP contribution in [0.15, 0.2) is 6.07 Å². The molecule has 1 aromatic heterocycles. The van der Waals surface area contributed by atoms with Crippen molar-refractivity contribution in [1.82, 2.24) is 9.97 Å². The first kappa shape index (κ1) is 11.7. The smallest absolute Gasteiger partial charge is 0.132 e. The third-order valence-corrected chi connectivity index (χ3v) is 1.98. The Balaban J connectivity index is 2.56. The quantitative estimate of drug-likeness (QED) is 0.669. The van der Waals surface area contributed by atoms with Crippen LogP contribution < -0.4 is 11.1 Å². The van der Waals surface area contributed by atoms with Gasteiger partial charge in [0.15, 0.2) is 0 Å². The molecule has 0 spiro atoms. The van der Waals surface area contributed by atoms with E-state index in [-0.39, 0.29) is 6.10 Å². The summed E-state index contributed by atoms with van der Waals surface area (Å²) in [6.07, 6.45) is 1.14. The topological polar surface area (TPSA) is 84.1 Å². The molecule has 1 rings (SSSR count). The van der Waals surface area contributed by atoms with Gasteiger partial charge in [0.25, 0.3) is 0 Å². The van der Waals surface area contributed by atoms with Gasteiger partial charge < -0.3 is 16.2 Å². The molecule has 0 bridgehead atoms. The number of aliphatic hydroxyl groups is 1. The van der Waals surface area contributed by atoms with Crippen LogP contribution in [0.4, 0.5) is 11.6 Å². The molecule has 4 N–H and O–H groups in total. The Morgan fingerprint density at radius 2 is 2.27 bits per heavy atom. The Kier molecular flexibility index (Phi) is 4.30. The zero-order valence-electron chi connectivity index (χ0n) is 9.20. The second-order valence-electron chi connectivity index (χ2n) is 3.51. The first-order valence-corrected chi connectivity index (χ1v) is 5.17. The van der Waals surface area contributed by atoms with Crippen LogP contribution in [0, 0.1) is 0 Å². The number of aliphatic hydroxyl groups excluding tert-OH is 1. The monoisotopic (exact) mass is 210 g/mol. The average molecular weight is 210 g/mol. The van der Waals surface area contributed by atoms with Crippen LogP contribution in [-0.4, -0.2) is 27.7 Å². The molecule has 0 aliphatic rings. The van der Waals surface area contributed by atoms with E-state index >= 15 is 0 Å². The maximum absolute atomic E-state index is 9.09. The predicted molar refractivity (Wildman–Crippen MR) is 60.6 cm³/mol. The van der Waals surface area contributed by atoms with Gasteiger partial charge in [0.2, 0.25) is 0 Å². The molecule has 1 unspecified atom stereocenters. The van der Waals surface area contributed by atoms with E-state index in [4.69, 9.17) is 10.8 Å². The zero-order valence-corrected chi connectivity index (χ0v) is 9.20. The summed E-state index contributed by atoms with van der Waals surface area (Å²) in [6.45, 7) is 4.42. The molecule has 0 aliphatic carbocycles. The predicted octanol–water partition coefficient (Wildman–Crippen LogP) is 0.804. The van der Waals surface area contributed by atoms with Crippen molar-refractivity contribution in [2.75, 3.05) is 17.6 Å². The molecule has 1 heterocycles. The molecule has 5 heteroatoms. The number of hydrogen-bond acceptors (Lipinski definition) is 5. The molecule has 1 aromatic rings. The Hall–Kier alpha value is -1.36. The summed E-state index contributed by atoms with van der Waals surface area (Å²) in [6, 6.07) is 1.70. The van der Waals surface area contributed by atoms with Crippen LogP contribution in [0.2, 0.25) is 0 Å². The van der Waals surface area contributed by atoms with Gasteiger partial charge in [-0.3, -0.25) is 0 Å². The molecule has 0 fully saturated rings. The summed E-state index contributed by atoms with van der Waals surface area (Å²) in [5.74, 6) is 1.93. The van der Waals surface area contributed by atoms with Crippen molar-refractivity contribution in [2.24, 2.45) is 0 Å². The minimum absolute atomic E-state index is 0.303. The van der Waals surface area contributed by atoms with Gasteiger partial charge >= 0.3 is 0 Å². The maximum Gasteiger partial charge on any atom is 0.132 e. The number of anilines is 2. The molecule has 1 atom stereocenters. The number of aromatic nitrogens is 2. The molecule has 5 nitrogen and oxygen atoms in total. The maximum atomic E-state index is 9.09. The van der Waals surface area contributed by atoms with E-state index in [0.29, 0.717) is 18.8 Å². The zero-order chi connectivity index (χ0) is 11.3. The van der Waals surface area contributed by atoms with Gasteiger partial charge in [0, 0.05) is 19.0 Å². The van der Waals surface area contributed by atoms with E-state index in [9.17, 15) is 0 Å². The SMILES string of the molecule is CCc1nc(N)cc(NCCC(C)O)n1. The summed E-state index contributed by atoms with van der Waals surface area (Å²) >= 11 is 0. The van der Waals surface area contributed by atoms with Crippen LogP contribution in [0.3, 0.4) is 0 Å². The molecule has 0 aliphatic heterocycles. The minimum atomic E-state index is -0.303. The number of aryl methyl sites for hydroxylation is 1. The third-order valence-electron chi connectivity index (χ3n) is 1.98. The highest BCUT2D eigenvalue weighted by Crippen LogP contribution is 2.08. The van der Waals surface area contributed by atoms with E-state index in [0.717, 1.165) is 18.1 Å². The molecule has 15 heavy (non-hydrogen) atoms. The summed E-state index contributed by atoms with van der Waals surface area (Å²) in [4.78, 5) is 8.34. The highest BCUT2D eigenvalue weighted by molar-refractivity contribution is 5.44. The summed E-state index contributed by atoms with van der Waals surface area (Å²) in [5.41, 5.74) is 5.63. The van der Waals surface area contributed by atoms with Gasteiger partial charge in [0.05, 0.1) is 6.10 Å². The van der Waals surface area contributed by atoms with Crippen molar-refractivity contribution in [1.29, 1.82) is 0 Å². The largest absolute Gasteiger partial charge is 0.393 e. The van der Waals surface area contributed by atoms with Crippen molar-refractivity contribution < 1.29 is 5.11 Å². The van der Waals surface area contributed by atoms with Crippen LogP contribution in [0.5, 0.6) is 0 Å². The lowest BCUT2D eigenvalue weighted by Crippen LogP contribution is -2.12. The van der Waals surface area contributed by atoms with Crippen LogP contribution in [0.1, 0.15) is 26.1 Å². The lowest BCUT2D eigenvalue weighted by molar-refractivity contribution is 0.188. The number of nitrogen functional groups attached to an aromatic ring is 1. The molecule has 0 saturated carbocycles. The van der Waals surface area contributed by atoms with Gasteiger partial charge in [-0.25, -0.2) is 9.97 Å². The fourth-order valence-electron chi connectivity index (χ4n) is 1.18. The standard InChI is InChI=1S/C10H18N4O/c1-3-9-13-8(11)6-10(14-9)12-5-4-7(2)15/h6-7,15H,3-5H2,1-2H3,(H3,11,12,13,14). The van der Waals surface area contributed by atoms with Crippen LogP contribution in [0.25, 0.3) is 0 Å². The van der Waals surface area contributed by atoms with Crippen molar-refractivity contribution in [2.45, 2.75) is 32.8 Å². The lowest BCUT2D eigenvalue weighted by Gasteiger charge is -2.08. The Morgan fingerprint density at radius 1 is 1.53 bits per heavy atom. The van der Waals surface area contributed by atoms with Gasteiger partial charge in [-0.1, -0.05) is 6.92 Å². The number of nitrogens with zero attached hydrogens (tertiary/aromatic N) is 2. The summed E-state index contributed by atoms with van der Waals surface area (Å²) < 4.78 is 0. The fraction of sp³-hybridized carbons (Fsp3) is 0.600. The molecular formula is C10H18N4O. The normalized spacial score (nSPS) is 12.5. The molecule has 0 radical (unpaired) electrons. The second-order valence-corrected chi connectivity index (χ2v) is 3.51. The van der Waals surface area contributed by atoms with Gasteiger partial charge in [-0.05, 0) is 13.3 Å². The van der Waals surface area contributed by atoms with E-state index in [1.54, 1.807) is 13.0 Å². The molecule has 0 amide bonds.